The van der Waals surface area contributed by atoms with Gasteiger partial charge in [-0.2, -0.15) is 0 Å². The number of hydrogen-bond donors (Lipinski definition) is 1. The van der Waals surface area contributed by atoms with Crippen molar-refractivity contribution in [3.8, 4) is 5.75 Å². The molecule has 2 heterocycles. The van der Waals surface area contributed by atoms with Crippen LogP contribution in [0, 0.1) is 5.82 Å². The van der Waals surface area contributed by atoms with E-state index in [4.69, 9.17) is 4.74 Å². The smallest absolute Gasteiger partial charge is 0.254 e. The summed E-state index contributed by atoms with van der Waals surface area (Å²) in [6.45, 7) is 3.14. The highest BCUT2D eigenvalue weighted by Gasteiger charge is 2.34. The number of nitrogens with zero attached hydrogens (tertiary/aromatic N) is 1. The zero-order valence-electron chi connectivity index (χ0n) is 17.3. The molecular weight excluding hydrogens is 391 g/mol. The molecule has 1 aliphatic rings. The summed E-state index contributed by atoms with van der Waals surface area (Å²) in [4.78, 5) is 18.9. The molecule has 0 bridgehead atoms. The quantitative estimate of drug-likeness (QED) is 0.480. The second-order valence-corrected chi connectivity index (χ2v) is 7.72. The Labute approximate surface area is 180 Å². The molecule has 3 aromatic carbocycles. The summed E-state index contributed by atoms with van der Waals surface area (Å²) in [5.74, 6) is 0.342. The molecule has 156 valence electrons. The molecule has 5 heteroatoms. The SMILES string of the molecule is CCOc1ccc([C@@H]2c3[nH]c4ccccc4c3CCN2C(=O)c2ccc(F)cc2)cc1. The van der Waals surface area contributed by atoms with E-state index in [1.54, 1.807) is 12.1 Å². The monoisotopic (exact) mass is 414 g/mol. The maximum Gasteiger partial charge on any atom is 0.254 e. The Morgan fingerprint density at radius 2 is 1.81 bits per heavy atom. The van der Waals surface area contributed by atoms with Crippen LogP contribution in [0.1, 0.15) is 40.1 Å². The van der Waals surface area contributed by atoms with E-state index in [9.17, 15) is 9.18 Å². The van der Waals surface area contributed by atoms with Gasteiger partial charge in [0.15, 0.2) is 0 Å². The molecule has 0 aliphatic carbocycles. The number of H-pyrrole nitrogens is 1. The number of halogens is 1. The minimum atomic E-state index is -0.351. The lowest BCUT2D eigenvalue weighted by atomic mass is 9.91. The number of amides is 1. The van der Waals surface area contributed by atoms with Crippen molar-refractivity contribution in [2.45, 2.75) is 19.4 Å². The highest BCUT2D eigenvalue weighted by molar-refractivity contribution is 5.95. The average Bonchev–Trinajstić information content (AvgIpc) is 3.18. The van der Waals surface area contributed by atoms with E-state index in [2.05, 4.69) is 17.1 Å². The van der Waals surface area contributed by atoms with Gasteiger partial charge in [-0.3, -0.25) is 4.79 Å². The first kappa shape index (κ1) is 19.4. The maximum atomic E-state index is 13.5. The molecule has 0 saturated heterocycles. The Kier molecular flexibility index (Phi) is 4.94. The summed E-state index contributed by atoms with van der Waals surface area (Å²) in [5.41, 5.74) is 4.84. The van der Waals surface area contributed by atoms with Gasteiger partial charge in [0.25, 0.3) is 5.91 Å². The number of benzene rings is 3. The molecule has 0 unspecified atom stereocenters. The van der Waals surface area contributed by atoms with Gasteiger partial charge in [-0.15, -0.1) is 0 Å². The summed E-state index contributed by atoms with van der Waals surface area (Å²) in [6.07, 6.45) is 0.764. The van der Waals surface area contributed by atoms with Crippen LogP contribution >= 0.6 is 0 Å². The lowest BCUT2D eigenvalue weighted by Gasteiger charge is -2.36. The molecule has 1 aliphatic heterocycles. The maximum absolute atomic E-state index is 13.5. The number of aromatic nitrogens is 1. The standard InChI is InChI=1S/C26H23FN2O2/c1-2-31-20-13-9-17(10-14-20)25-24-22(21-5-3-4-6-23(21)28-24)15-16-29(25)26(30)18-7-11-19(27)12-8-18/h3-14,25,28H,2,15-16H2,1H3/t25-/m1/s1. The van der Waals surface area contributed by atoms with Crippen molar-refractivity contribution in [3.63, 3.8) is 0 Å². The lowest BCUT2D eigenvalue weighted by molar-refractivity contribution is 0.0692. The molecule has 31 heavy (non-hydrogen) atoms. The molecule has 0 radical (unpaired) electrons. The Morgan fingerprint density at radius 3 is 2.55 bits per heavy atom. The van der Waals surface area contributed by atoms with Gasteiger partial charge < -0.3 is 14.6 Å². The molecule has 0 spiro atoms. The topological polar surface area (TPSA) is 45.3 Å². The second kappa shape index (κ2) is 7.91. The van der Waals surface area contributed by atoms with E-state index in [1.807, 2.05) is 48.2 Å². The van der Waals surface area contributed by atoms with Crippen molar-refractivity contribution in [2.24, 2.45) is 0 Å². The number of ether oxygens (including phenoxy) is 1. The van der Waals surface area contributed by atoms with Crippen LogP contribution in [0.5, 0.6) is 5.75 Å². The van der Waals surface area contributed by atoms with Crippen molar-refractivity contribution < 1.29 is 13.9 Å². The summed E-state index contributed by atoms with van der Waals surface area (Å²) < 4.78 is 19.0. The number of rotatable bonds is 4. The van der Waals surface area contributed by atoms with Gasteiger partial charge >= 0.3 is 0 Å². The van der Waals surface area contributed by atoms with Crippen molar-refractivity contribution >= 4 is 16.8 Å². The predicted molar refractivity (Wildman–Crippen MR) is 119 cm³/mol. The van der Waals surface area contributed by atoms with Crippen LogP contribution in [0.15, 0.2) is 72.8 Å². The Morgan fingerprint density at radius 1 is 1.06 bits per heavy atom. The largest absolute Gasteiger partial charge is 0.494 e. The fourth-order valence-electron chi connectivity index (χ4n) is 4.48. The molecule has 4 aromatic rings. The zero-order valence-corrected chi connectivity index (χ0v) is 17.3. The van der Waals surface area contributed by atoms with Crippen molar-refractivity contribution in [1.29, 1.82) is 0 Å². The van der Waals surface area contributed by atoms with Gasteiger partial charge in [-0.05, 0) is 66.9 Å². The molecule has 0 fully saturated rings. The lowest BCUT2D eigenvalue weighted by Crippen LogP contribution is -2.40. The fourth-order valence-corrected chi connectivity index (χ4v) is 4.48. The molecule has 4 nitrogen and oxygen atoms in total. The van der Waals surface area contributed by atoms with E-state index in [0.29, 0.717) is 18.7 Å². The highest BCUT2D eigenvalue weighted by Crippen LogP contribution is 2.39. The average molecular weight is 414 g/mol. The number of hydrogen-bond acceptors (Lipinski definition) is 2. The van der Waals surface area contributed by atoms with Crippen molar-refractivity contribution in [2.75, 3.05) is 13.2 Å². The van der Waals surface area contributed by atoms with Gasteiger partial charge in [0.05, 0.1) is 12.6 Å². The Hall–Kier alpha value is -3.60. The van der Waals surface area contributed by atoms with Gasteiger partial charge in [-0.25, -0.2) is 4.39 Å². The minimum absolute atomic E-state index is 0.108. The molecular formula is C26H23FN2O2. The van der Waals surface area contributed by atoms with Gasteiger partial charge in [0.2, 0.25) is 0 Å². The number of carbonyl (C=O) groups is 1. The molecule has 1 N–H and O–H groups in total. The first-order chi connectivity index (χ1) is 15.2. The Bertz CT molecular complexity index is 1230. The summed E-state index contributed by atoms with van der Waals surface area (Å²) >= 11 is 0. The number of para-hydroxylation sites is 1. The van der Waals surface area contributed by atoms with Crippen LogP contribution in [0.4, 0.5) is 4.39 Å². The van der Waals surface area contributed by atoms with Gasteiger partial charge in [0, 0.05) is 28.7 Å². The van der Waals surface area contributed by atoms with E-state index in [1.165, 1.54) is 23.1 Å². The number of nitrogens with one attached hydrogen (secondary N) is 1. The third-order valence-corrected chi connectivity index (χ3v) is 5.89. The van der Waals surface area contributed by atoms with E-state index in [-0.39, 0.29) is 17.8 Å². The van der Waals surface area contributed by atoms with Crippen LogP contribution in [-0.2, 0) is 6.42 Å². The highest BCUT2D eigenvalue weighted by atomic mass is 19.1. The molecule has 1 amide bonds. The molecule has 5 rings (SSSR count). The van der Waals surface area contributed by atoms with Crippen molar-refractivity contribution in [1.82, 2.24) is 9.88 Å². The van der Waals surface area contributed by atoms with Crippen LogP contribution in [0.25, 0.3) is 10.9 Å². The minimum Gasteiger partial charge on any atom is -0.494 e. The normalized spacial score (nSPS) is 15.7. The van der Waals surface area contributed by atoms with Crippen LogP contribution in [0.3, 0.4) is 0 Å². The molecule has 1 atom stereocenters. The zero-order chi connectivity index (χ0) is 21.4. The van der Waals surface area contributed by atoms with Gasteiger partial charge in [-0.1, -0.05) is 30.3 Å². The van der Waals surface area contributed by atoms with Crippen LogP contribution in [-0.4, -0.2) is 28.9 Å². The summed E-state index contributed by atoms with van der Waals surface area (Å²) in [6, 6.07) is 21.7. The van der Waals surface area contributed by atoms with E-state index < -0.39 is 0 Å². The molecule has 0 saturated carbocycles. The van der Waals surface area contributed by atoms with Crippen LogP contribution in [0.2, 0.25) is 0 Å². The first-order valence-corrected chi connectivity index (χ1v) is 10.5. The Balaban J connectivity index is 1.61. The number of aromatic amines is 1. The third kappa shape index (κ3) is 3.46. The number of fused-ring (bicyclic) bond motifs is 3. The van der Waals surface area contributed by atoms with Crippen molar-refractivity contribution in [3.05, 3.63) is 101 Å². The predicted octanol–water partition coefficient (Wildman–Crippen LogP) is 5.49. The van der Waals surface area contributed by atoms with Crippen LogP contribution < -0.4 is 4.74 Å². The van der Waals surface area contributed by atoms with E-state index in [0.717, 1.165) is 28.9 Å². The number of carbonyl (C=O) groups excluding carboxylic acids is 1. The molecule has 1 aromatic heterocycles. The summed E-state index contributed by atoms with van der Waals surface area (Å²) in [5, 5.41) is 1.20. The fraction of sp³-hybridized carbons (Fsp3) is 0.192. The second-order valence-electron chi connectivity index (χ2n) is 7.72. The van der Waals surface area contributed by atoms with Gasteiger partial charge in [0.1, 0.15) is 11.6 Å². The third-order valence-electron chi connectivity index (χ3n) is 5.89. The van der Waals surface area contributed by atoms with E-state index >= 15 is 0 Å². The summed E-state index contributed by atoms with van der Waals surface area (Å²) in [7, 11) is 0. The first-order valence-electron chi connectivity index (χ1n) is 10.5.